The zero-order valence-electron chi connectivity index (χ0n) is 25.2. The highest BCUT2D eigenvalue weighted by molar-refractivity contribution is 7.92. The van der Waals surface area contributed by atoms with Gasteiger partial charge in [0.25, 0.3) is 10.0 Å². The van der Waals surface area contributed by atoms with Crippen molar-refractivity contribution in [3.63, 3.8) is 0 Å². The molecule has 1 N–H and O–H groups in total. The molecule has 0 aliphatic rings. The number of nitrogens with zero attached hydrogens (tertiary/aromatic N) is 2. The molecule has 2 atom stereocenters. The normalized spacial score (nSPS) is 12.6. The molecule has 0 fully saturated rings. The van der Waals surface area contributed by atoms with Crippen molar-refractivity contribution in [1.82, 2.24) is 10.2 Å². The van der Waals surface area contributed by atoms with Crippen LogP contribution in [0.25, 0.3) is 0 Å². The van der Waals surface area contributed by atoms with Crippen LogP contribution in [0.15, 0.2) is 77.7 Å². The average molecular weight is 596 g/mol. The van der Waals surface area contributed by atoms with Crippen LogP contribution in [0.2, 0.25) is 0 Å². The molecule has 0 aliphatic heterocycles. The fourth-order valence-electron chi connectivity index (χ4n) is 4.48. The number of ether oxygens (including phenoxy) is 2. The van der Waals surface area contributed by atoms with Crippen LogP contribution in [0.1, 0.15) is 44.7 Å². The van der Waals surface area contributed by atoms with Crippen LogP contribution in [0.5, 0.6) is 11.5 Å². The van der Waals surface area contributed by atoms with E-state index >= 15 is 0 Å². The SMILES string of the molecule is CCC(C)NC(=O)C(CC)N(Cc1ccc(C)cc1)C(=O)CN(c1cc(OC)ccc1OC)S(=O)(=O)c1ccccc1. The Labute approximate surface area is 249 Å². The van der Waals surface area contributed by atoms with Crippen molar-refractivity contribution >= 4 is 27.5 Å². The Hall–Kier alpha value is -4.05. The van der Waals surface area contributed by atoms with Crippen LogP contribution in [-0.2, 0) is 26.2 Å². The van der Waals surface area contributed by atoms with Crippen molar-refractivity contribution in [2.45, 2.75) is 64.1 Å². The lowest BCUT2D eigenvalue weighted by Gasteiger charge is -2.34. The molecule has 0 heterocycles. The second kappa shape index (κ2) is 14.7. The van der Waals surface area contributed by atoms with Gasteiger partial charge < -0.3 is 19.7 Å². The van der Waals surface area contributed by atoms with Gasteiger partial charge in [0, 0.05) is 18.7 Å². The summed E-state index contributed by atoms with van der Waals surface area (Å²) in [5, 5.41) is 2.98. The van der Waals surface area contributed by atoms with Crippen molar-refractivity contribution in [2.24, 2.45) is 0 Å². The van der Waals surface area contributed by atoms with E-state index in [0.717, 1.165) is 21.9 Å². The molecule has 3 aromatic rings. The number of rotatable bonds is 14. The molecule has 3 rings (SSSR count). The van der Waals surface area contributed by atoms with Gasteiger partial charge in [0.2, 0.25) is 11.8 Å². The molecule has 0 saturated carbocycles. The number of sulfonamides is 1. The van der Waals surface area contributed by atoms with Gasteiger partial charge in [-0.05, 0) is 56.5 Å². The summed E-state index contributed by atoms with van der Waals surface area (Å²) in [5.74, 6) is -0.188. The number of aryl methyl sites for hydroxylation is 1. The van der Waals surface area contributed by atoms with Gasteiger partial charge in [-0.3, -0.25) is 13.9 Å². The summed E-state index contributed by atoms with van der Waals surface area (Å²) in [6.45, 7) is 7.23. The quantitative estimate of drug-likeness (QED) is 0.283. The maximum absolute atomic E-state index is 14.3. The molecule has 0 aromatic heterocycles. The van der Waals surface area contributed by atoms with Crippen LogP contribution in [0.4, 0.5) is 5.69 Å². The molecule has 2 unspecified atom stereocenters. The minimum atomic E-state index is -4.24. The lowest BCUT2D eigenvalue weighted by atomic mass is 10.1. The number of anilines is 1. The van der Waals surface area contributed by atoms with Crippen molar-refractivity contribution in [2.75, 3.05) is 25.1 Å². The summed E-state index contributed by atoms with van der Waals surface area (Å²) in [6.07, 6.45) is 1.07. The van der Waals surface area contributed by atoms with E-state index in [1.54, 1.807) is 30.3 Å². The topological polar surface area (TPSA) is 105 Å². The van der Waals surface area contributed by atoms with E-state index in [2.05, 4.69) is 5.32 Å². The standard InChI is InChI=1S/C32H41N3O6S/c1-7-24(4)33-32(37)28(8-2)34(21-25-16-14-23(3)15-17-25)31(36)22-35(42(38,39)27-12-10-9-11-13-27)29-20-26(40-5)18-19-30(29)41-6/h9-20,24,28H,7-8,21-22H2,1-6H3,(H,33,37). The first-order chi connectivity index (χ1) is 20.0. The average Bonchev–Trinajstić information content (AvgIpc) is 3.00. The van der Waals surface area contributed by atoms with E-state index < -0.39 is 28.5 Å². The number of carbonyl (C=O) groups is 2. The molecule has 2 amide bonds. The van der Waals surface area contributed by atoms with Crippen LogP contribution >= 0.6 is 0 Å². The van der Waals surface area contributed by atoms with E-state index in [-0.39, 0.29) is 34.8 Å². The molecule has 0 spiro atoms. The Balaban J connectivity index is 2.13. The smallest absolute Gasteiger partial charge is 0.264 e. The zero-order valence-corrected chi connectivity index (χ0v) is 26.0. The van der Waals surface area contributed by atoms with Gasteiger partial charge in [-0.15, -0.1) is 0 Å². The van der Waals surface area contributed by atoms with E-state index in [4.69, 9.17) is 9.47 Å². The number of hydrogen-bond donors (Lipinski definition) is 1. The molecule has 3 aromatic carbocycles. The highest BCUT2D eigenvalue weighted by atomic mass is 32.2. The van der Waals surface area contributed by atoms with E-state index in [1.807, 2.05) is 52.0 Å². The maximum Gasteiger partial charge on any atom is 0.264 e. The van der Waals surface area contributed by atoms with Gasteiger partial charge in [-0.25, -0.2) is 8.42 Å². The highest BCUT2D eigenvalue weighted by Crippen LogP contribution is 2.36. The number of nitrogens with one attached hydrogen (secondary N) is 1. The summed E-state index contributed by atoms with van der Waals surface area (Å²) in [4.78, 5) is 29.1. The molecule has 0 radical (unpaired) electrons. The second-order valence-corrected chi connectivity index (χ2v) is 12.0. The third-order valence-electron chi connectivity index (χ3n) is 7.13. The number of hydrogen-bond acceptors (Lipinski definition) is 6. The largest absolute Gasteiger partial charge is 0.497 e. The van der Waals surface area contributed by atoms with Crippen molar-refractivity contribution in [3.8, 4) is 11.5 Å². The first kappa shape index (κ1) is 32.5. The minimum Gasteiger partial charge on any atom is -0.497 e. The first-order valence-electron chi connectivity index (χ1n) is 14.0. The second-order valence-electron chi connectivity index (χ2n) is 10.1. The number of amides is 2. The fourth-order valence-corrected chi connectivity index (χ4v) is 5.91. The fraction of sp³-hybridized carbons (Fsp3) is 0.375. The lowest BCUT2D eigenvalue weighted by molar-refractivity contribution is -0.140. The number of carbonyl (C=O) groups excluding carboxylic acids is 2. The highest BCUT2D eigenvalue weighted by Gasteiger charge is 2.35. The minimum absolute atomic E-state index is 0.00862. The van der Waals surface area contributed by atoms with E-state index in [1.165, 1.54) is 37.3 Å². The summed E-state index contributed by atoms with van der Waals surface area (Å²) in [7, 11) is -1.35. The Kier molecular flexibility index (Phi) is 11.4. The summed E-state index contributed by atoms with van der Waals surface area (Å²) in [5.41, 5.74) is 2.02. The maximum atomic E-state index is 14.3. The Bertz CT molecular complexity index is 1440. The monoisotopic (exact) mass is 595 g/mol. The van der Waals surface area contributed by atoms with Crippen LogP contribution in [0.3, 0.4) is 0 Å². The molecule has 9 nitrogen and oxygen atoms in total. The molecular formula is C32H41N3O6S. The van der Waals surface area contributed by atoms with Gasteiger partial charge in [0.15, 0.2) is 0 Å². The number of benzene rings is 3. The molecule has 226 valence electrons. The Morgan fingerprint density at radius 3 is 2.14 bits per heavy atom. The molecule has 0 aliphatic carbocycles. The first-order valence-corrected chi connectivity index (χ1v) is 15.4. The van der Waals surface area contributed by atoms with Crippen molar-refractivity contribution in [1.29, 1.82) is 0 Å². The molecule has 0 bridgehead atoms. The summed E-state index contributed by atoms with van der Waals surface area (Å²) >= 11 is 0. The van der Waals surface area contributed by atoms with Gasteiger partial charge in [0.1, 0.15) is 24.1 Å². The lowest BCUT2D eigenvalue weighted by Crippen LogP contribution is -2.53. The molecule has 10 heteroatoms. The summed E-state index contributed by atoms with van der Waals surface area (Å²) in [6, 6.07) is 19.4. The molecule has 42 heavy (non-hydrogen) atoms. The third kappa shape index (κ3) is 7.82. The molecular weight excluding hydrogens is 554 g/mol. The van der Waals surface area contributed by atoms with Crippen LogP contribution < -0.4 is 19.1 Å². The predicted molar refractivity (Wildman–Crippen MR) is 164 cm³/mol. The summed E-state index contributed by atoms with van der Waals surface area (Å²) < 4.78 is 40.1. The predicted octanol–water partition coefficient (Wildman–Crippen LogP) is 4.93. The van der Waals surface area contributed by atoms with Gasteiger partial charge >= 0.3 is 0 Å². The zero-order chi connectivity index (χ0) is 30.9. The van der Waals surface area contributed by atoms with Crippen molar-refractivity contribution in [3.05, 3.63) is 83.9 Å². The number of methoxy groups -OCH3 is 2. The third-order valence-corrected chi connectivity index (χ3v) is 8.90. The van der Waals surface area contributed by atoms with E-state index in [9.17, 15) is 18.0 Å². The van der Waals surface area contributed by atoms with Crippen molar-refractivity contribution < 1.29 is 27.5 Å². The van der Waals surface area contributed by atoms with Gasteiger partial charge in [-0.1, -0.05) is 61.9 Å². The van der Waals surface area contributed by atoms with Crippen LogP contribution in [0, 0.1) is 6.92 Å². The Morgan fingerprint density at radius 1 is 0.905 bits per heavy atom. The van der Waals surface area contributed by atoms with Gasteiger partial charge in [0.05, 0.1) is 24.8 Å². The molecule has 0 saturated heterocycles. The van der Waals surface area contributed by atoms with Crippen LogP contribution in [-0.4, -0.2) is 58.0 Å². The van der Waals surface area contributed by atoms with Gasteiger partial charge in [-0.2, -0.15) is 0 Å². The van der Waals surface area contributed by atoms with E-state index in [0.29, 0.717) is 12.2 Å². The Morgan fingerprint density at radius 2 is 1.57 bits per heavy atom.